The van der Waals surface area contributed by atoms with Gasteiger partial charge >= 0.3 is 0 Å². The van der Waals surface area contributed by atoms with Gasteiger partial charge in [0.25, 0.3) is 0 Å². The Bertz CT molecular complexity index is 672. The second-order valence-electron chi connectivity index (χ2n) is 4.39. The van der Waals surface area contributed by atoms with Crippen LogP contribution in [0, 0.1) is 5.82 Å². The van der Waals surface area contributed by atoms with Crippen LogP contribution in [0.25, 0.3) is 0 Å². The number of carbonyl (C=O) groups is 1. The molecule has 1 amide bonds. The van der Waals surface area contributed by atoms with Crippen molar-refractivity contribution in [1.29, 1.82) is 0 Å². The predicted octanol–water partition coefficient (Wildman–Crippen LogP) is 2.10. The van der Waals surface area contributed by atoms with E-state index in [1.807, 2.05) is 30.3 Å². The first-order valence-corrected chi connectivity index (χ1v) is 6.21. The second-order valence-corrected chi connectivity index (χ2v) is 4.39. The van der Waals surface area contributed by atoms with Gasteiger partial charge in [-0.05, 0) is 23.8 Å². The number of hydrogen-bond donors (Lipinski definition) is 3. The van der Waals surface area contributed by atoms with Gasteiger partial charge in [-0.1, -0.05) is 35.5 Å². The number of oxime groups is 1. The molecule has 2 aromatic carbocycles. The molecule has 0 aliphatic rings. The molecule has 0 aromatic heterocycles. The van der Waals surface area contributed by atoms with E-state index in [9.17, 15) is 9.18 Å². The molecule has 0 unspecified atom stereocenters. The highest BCUT2D eigenvalue weighted by molar-refractivity contribution is 6.05. The van der Waals surface area contributed by atoms with Crippen molar-refractivity contribution >= 4 is 17.4 Å². The van der Waals surface area contributed by atoms with Crippen molar-refractivity contribution in [2.24, 2.45) is 10.9 Å². The molecule has 5 nitrogen and oxygen atoms in total. The maximum atomic E-state index is 13.2. The molecule has 0 bridgehead atoms. The average molecular weight is 287 g/mol. The number of nitrogens with two attached hydrogens (primary N) is 1. The number of halogens is 1. The third-order valence-electron chi connectivity index (χ3n) is 2.85. The molecule has 0 heterocycles. The van der Waals surface area contributed by atoms with Gasteiger partial charge in [0.15, 0.2) is 5.84 Å². The van der Waals surface area contributed by atoms with Gasteiger partial charge in [-0.15, -0.1) is 0 Å². The van der Waals surface area contributed by atoms with Gasteiger partial charge in [0.2, 0.25) is 5.91 Å². The first kappa shape index (κ1) is 14.5. The van der Waals surface area contributed by atoms with Crippen molar-refractivity contribution in [3.63, 3.8) is 0 Å². The Morgan fingerprint density at radius 1 is 1.24 bits per heavy atom. The summed E-state index contributed by atoms with van der Waals surface area (Å²) in [6.45, 7) is 0. The quantitative estimate of drug-likeness (QED) is 0.348. The molecule has 108 valence electrons. The Morgan fingerprint density at radius 2 is 1.95 bits per heavy atom. The van der Waals surface area contributed by atoms with Crippen molar-refractivity contribution in [3.05, 3.63) is 65.5 Å². The van der Waals surface area contributed by atoms with Crippen LogP contribution in [-0.2, 0) is 11.2 Å². The Hall–Kier alpha value is -2.89. The number of amidine groups is 1. The van der Waals surface area contributed by atoms with E-state index in [1.54, 1.807) is 0 Å². The molecule has 0 fully saturated rings. The summed E-state index contributed by atoms with van der Waals surface area (Å²) in [7, 11) is 0. The van der Waals surface area contributed by atoms with E-state index in [0.29, 0.717) is 0 Å². The summed E-state index contributed by atoms with van der Waals surface area (Å²) in [6.07, 6.45) is 0.174. The summed E-state index contributed by atoms with van der Waals surface area (Å²) in [5, 5.41) is 14.2. The second kappa shape index (κ2) is 6.51. The van der Waals surface area contributed by atoms with Gasteiger partial charge in [-0.2, -0.15) is 0 Å². The van der Waals surface area contributed by atoms with Gasteiger partial charge in [0.1, 0.15) is 5.82 Å². The van der Waals surface area contributed by atoms with Crippen LogP contribution in [0.5, 0.6) is 0 Å². The molecule has 0 radical (unpaired) electrons. The van der Waals surface area contributed by atoms with Crippen LogP contribution in [-0.4, -0.2) is 17.0 Å². The fourth-order valence-electron chi connectivity index (χ4n) is 1.87. The van der Waals surface area contributed by atoms with E-state index < -0.39 is 5.82 Å². The zero-order valence-corrected chi connectivity index (χ0v) is 11.1. The molecule has 4 N–H and O–H groups in total. The molecule has 0 saturated heterocycles. The van der Waals surface area contributed by atoms with E-state index in [1.165, 1.54) is 12.1 Å². The highest BCUT2D eigenvalue weighted by Crippen LogP contribution is 2.17. The molecule has 2 aromatic rings. The van der Waals surface area contributed by atoms with Crippen LogP contribution in [0.2, 0.25) is 0 Å². The third-order valence-corrected chi connectivity index (χ3v) is 2.85. The lowest BCUT2D eigenvalue weighted by Crippen LogP contribution is -2.20. The standard InChI is InChI=1S/C15H14FN3O2/c16-11-6-7-13(12(9-11)15(17)19-21)18-14(20)8-10-4-2-1-3-5-10/h1-7,9,21H,8H2,(H2,17,19)(H,18,20). The lowest BCUT2D eigenvalue weighted by Gasteiger charge is -2.10. The molecular formula is C15H14FN3O2. The van der Waals surface area contributed by atoms with Crippen LogP contribution in [0.4, 0.5) is 10.1 Å². The molecule has 0 saturated carbocycles. The monoisotopic (exact) mass is 287 g/mol. The van der Waals surface area contributed by atoms with E-state index >= 15 is 0 Å². The number of nitrogens with zero attached hydrogens (tertiary/aromatic N) is 1. The van der Waals surface area contributed by atoms with E-state index in [-0.39, 0.29) is 29.4 Å². The van der Waals surface area contributed by atoms with Crippen molar-refractivity contribution in [3.8, 4) is 0 Å². The number of carbonyl (C=O) groups excluding carboxylic acids is 1. The normalized spacial score (nSPS) is 11.2. The molecular weight excluding hydrogens is 273 g/mol. The van der Waals surface area contributed by atoms with E-state index in [4.69, 9.17) is 10.9 Å². The Kier molecular flexibility index (Phi) is 4.50. The van der Waals surface area contributed by atoms with Crippen molar-refractivity contribution < 1.29 is 14.4 Å². The number of anilines is 1. The summed E-state index contributed by atoms with van der Waals surface area (Å²) in [5.41, 5.74) is 6.73. The number of rotatable bonds is 4. The minimum absolute atomic E-state index is 0.124. The molecule has 0 atom stereocenters. The van der Waals surface area contributed by atoms with Crippen LogP contribution < -0.4 is 11.1 Å². The Labute approximate surface area is 120 Å². The van der Waals surface area contributed by atoms with Crippen LogP contribution in [0.1, 0.15) is 11.1 Å². The highest BCUT2D eigenvalue weighted by atomic mass is 19.1. The fourth-order valence-corrected chi connectivity index (χ4v) is 1.87. The van der Waals surface area contributed by atoms with Crippen LogP contribution in [0.15, 0.2) is 53.7 Å². The average Bonchev–Trinajstić information content (AvgIpc) is 2.49. The third kappa shape index (κ3) is 3.79. The summed E-state index contributed by atoms with van der Waals surface area (Å²) in [6, 6.07) is 12.8. The van der Waals surface area contributed by atoms with Crippen molar-refractivity contribution in [1.82, 2.24) is 0 Å². The lowest BCUT2D eigenvalue weighted by atomic mass is 10.1. The molecule has 21 heavy (non-hydrogen) atoms. The smallest absolute Gasteiger partial charge is 0.228 e. The van der Waals surface area contributed by atoms with Crippen LogP contribution in [0.3, 0.4) is 0 Å². The topological polar surface area (TPSA) is 87.7 Å². The van der Waals surface area contributed by atoms with E-state index in [0.717, 1.165) is 11.6 Å². The fraction of sp³-hybridized carbons (Fsp3) is 0.0667. The van der Waals surface area contributed by atoms with Gasteiger partial charge in [-0.3, -0.25) is 4.79 Å². The van der Waals surface area contributed by atoms with Gasteiger partial charge in [0, 0.05) is 5.56 Å². The van der Waals surface area contributed by atoms with Gasteiger partial charge in [0.05, 0.1) is 12.1 Å². The molecule has 2 rings (SSSR count). The maximum Gasteiger partial charge on any atom is 0.228 e. The van der Waals surface area contributed by atoms with E-state index in [2.05, 4.69) is 10.5 Å². The SMILES string of the molecule is N/C(=N/O)c1cc(F)ccc1NC(=O)Cc1ccccc1. The van der Waals surface area contributed by atoms with Crippen molar-refractivity contribution in [2.75, 3.05) is 5.32 Å². The molecule has 0 spiro atoms. The number of hydrogen-bond acceptors (Lipinski definition) is 3. The minimum atomic E-state index is -0.544. The lowest BCUT2D eigenvalue weighted by molar-refractivity contribution is -0.115. The largest absolute Gasteiger partial charge is 0.409 e. The Morgan fingerprint density at radius 3 is 2.62 bits per heavy atom. The van der Waals surface area contributed by atoms with Gasteiger partial charge in [-0.25, -0.2) is 4.39 Å². The molecule has 0 aliphatic heterocycles. The van der Waals surface area contributed by atoms with Gasteiger partial charge < -0.3 is 16.3 Å². The van der Waals surface area contributed by atoms with Crippen LogP contribution >= 0.6 is 0 Å². The summed E-state index contributed by atoms with van der Waals surface area (Å²) in [4.78, 5) is 12.0. The first-order valence-electron chi connectivity index (χ1n) is 6.21. The summed E-state index contributed by atoms with van der Waals surface area (Å²) < 4.78 is 13.2. The zero-order valence-electron chi connectivity index (χ0n) is 11.1. The van der Waals surface area contributed by atoms with Crippen molar-refractivity contribution in [2.45, 2.75) is 6.42 Å². The minimum Gasteiger partial charge on any atom is -0.409 e. The number of benzene rings is 2. The molecule has 6 heteroatoms. The maximum absolute atomic E-state index is 13.2. The zero-order chi connectivity index (χ0) is 15.2. The highest BCUT2D eigenvalue weighted by Gasteiger charge is 2.12. The molecule has 0 aliphatic carbocycles. The summed E-state index contributed by atoms with van der Waals surface area (Å²) in [5.74, 6) is -1.10. The Balaban J connectivity index is 2.18. The number of amides is 1. The summed E-state index contributed by atoms with van der Waals surface area (Å²) >= 11 is 0. The number of nitrogens with one attached hydrogen (secondary N) is 1. The first-order chi connectivity index (χ1) is 10.1. The predicted molar refractivity (Wildman–Crippen MR) is 77.7 cm³/mol.